The first-order valence-electron chi connectivity index (χ1n) is 8.83. The molecule has 0 saturated carbocycles. The van der Waals surface area contributed by atoms with E-state index in [0.29, 0.717) is 12.8 Å². The molecule has 0 unspecified atom stereocenters. The first-order chi connectivity index (χ1) is 14.0. The third-order valence-electron chi connectivity index (χ3n) is 4.09. The van der Waals surface area contributed by atoms with E-state index in [1.165, 1.54) is 0 Å². The Balaban J connectivity index is 0.00000320. The number of carbonyl (C=O) groups excluding carboxylic acids is 2. The SMILES string of the molecule is Cl.O=C(OCCc1cccc(Br)c1)C1(C(=O)OCCc2cccc(Br)c2)OC=CO1. The second-order valence-electron chi connectivity index (χ2n) is 6.16. The topological polar surface area (TPSA) is 71.1 Å². The molecule has 30 heavy (non-hydrogen) atoms. The molecule has 0 aromatic heterocycles. The summed E-state index contributed by atoms with van der Waals surface area (Å²) < 4.78 is 22.6. The van der Waals surface area contributed by atoms with Crippen LogP contribution in [0.2, 0.25) is 0 Å². The Bertz CT molecular complexity index is 844. The zero-order valence-electron chi connectivity index (χ0n) is 15.7. The van der Waals surface area contributed by atoms with E-state index in [0.717, 1.165) is 32.6 Å². The highest BCUT2D eigenvalue weighted by Gasteiger charge is 2.56. The minimum atomic E-state index is -2.26. The van der Waals surface area contributed by atoms with Gasteiger partial charge in [0, 0.05) is 21.8 Å². The fourth-order valence-corrected chi connectivity index (χ4v) is 3.54. The largest absolute Gasteiger partial charge is 0.459 e. The van der Waals surface area contributed by atoms with Crippen molar-refractivity contribution in [1.82, 2.24) is 0 Å². The van der Waals surface area contributed by atoms with Crippen LogP contribution in [0.15, 0.2) is 70.0 Å². The summed E-state index contributed by atoms with van der Waals surface area (Å²) in [6.45, 7) is 0.129. The normalized spacial score (nSPS) is 13.5. The van der Waals surface area contributed by atoms with Crippen LogP contribution in [0.4, 0.5) is 0 Å². The molecule has 160 valence electrons. The summed E-state index contributed by atoms with van der Waals surface area (Å²) in [5.74, 6) is -4.16. The molecule has 1 aliphatic rings. The number of rotatable bonds is 8. The maximum atomic E-state index is 12.5. The zero-order valence-corrected chi connectivity index (χ0v) is 19.7. The van der Waals surface area contributed by atoms with Crippen molar-refractivity contribution in [2.24, 2.45) is 0 Å². The summed E-state index contributed by atoms with van der Waals surface area (Å²) in [6, 6.07) is 15.2. The van der Waals surface area contributed by atoms with Crippen molar-refractivity contribution >= 4 is 56.2 Å². The Morgan fingerprint density at radius 2 is 1.23 bits per heavy atom. The van der Waals surface area contributed by atoms with Crippen molar-refractivity contribution in [3.8, 4) is 0 Å². The third kappa shape index (κ3) is 6.23. The van der Waals surface area contributed by atoms with Gasteiger partial charge in [-0.25, -0.2) is 9.59 Å². The second-order valence-corrected chi connectivity index (χ2v) is 7.99. The molecule has 0 saturated heterocycles. The van der Waals surface area contributed by atoms with Gasteiger partial charge in [-0.15, -0.1) is 12.4 Å². The summed E-state index contributed by atoms with van der Waals surface area (Å²) in [6.07, 6.45) is 3.19. The summed E-state index contributed by atoms with van der Waals surface area (Å²) >= 11 is 6.78. The maximum absolute atomic E-state index is 12.5. The summed E-state index contributed by atoms with van der Waals surface area (Å²) in [7, 11) is 0. The smallest absolute Gasteiger partial charge is 0.452 e. The van der Waals surface area contributed by atoms with Gasteiger partial charge < -0.3 is 18.9 Å². The van der Waals surface area contributed by atoms with Gasteiger partial charge in [-0.1, -0.05) is 56.1 Å². The molecule has 0 fully saturated rings. The fraction of sp³-hybridized carbons (Fsp3) is 0.238. The van der Waals surface area contributed by atoms with Crippen LogP contribution >= 0.6 is 44.3 Å². The second kappa shape index (κ2) is 11.4. The standard InChI is InChI=1S/C21H18Br2O6.ClH/c22-17-5-1-3-15(13-17)7-9-26-19(24)21(28-11-12-29-21)20(25)27-10-8-16-4-2-6-18(23)14-16;/h1-6,11-14H,7-10H2;1H. The minimum absolute atomic E-state index is 0. The molecule has 2 aromatic rings. The average molecular weight is 563 g/mol. The number of carbonyl (C=O) groups is 2. The quantitative estimate of drug-likeness (QED) is 0.343. The van der Waals surface area contributed by atoms with E-state index in [1.54, 1.807) is 0 Å². The number of benzene rings is 2. The number of hydrogen-bond acceptors (Lipinski definition) is 6. The predicted molar refractivity (Wildman–Crippen MR) is 119 cm³/mol. The van der Waals surface area contributed by atoms with Crippen LogP contribution in [-0.2, 0) is 41.4 Å². The van der Waals surface area contributed by atoms with Gasteiger partial charge in [0.2, 0.25) is 0 Å². The molecule has 0 atom stereocenters. The van der Waals surface area contributed by atoms with Crippen LogP contribution in [0.5, 0.6) is 0 Å². The van der Waals surface area contributed by atoms with E-state index in [-0.39, 0.29) is 25.6 Å². The van der Waals surface area contributed by atoms with Crippen LogP contribution in [0.25, 0.3) is 0 Å². The third-order valence-corrected chi connectivity index (χ3v) is 5.07. The monoisotopic (exact) mass is 560 g/mol. The van der Waals surface area contributed by atoms with Crippen LogP contribution in [-0.4, -0.2) is 30.9 Å². The molecular weight excluding hydrogens is 543 g/mol. The lowest BCUT2D eigenvalue weighted by Gasteiger charge is -2.23. The van der Waals surface area contributed by atoms with Crippen LogP contribution < -0.4 is 0 Å². The minimum Gasteiger partial charge on any atom is -0.459 e. The Kier molecular flexibility index (Phi) is 9.20. The highest BCUT2D eigenvalue weighted by molar-refractivity contribution is 9.10. The van der Waals surface area contributed by atoms with Gasteiger partial charge in [0.25, 0.3) is 0 Å². The van der Waals surface area contributed by atoms with Gasteiger partial charge in [0.05, 0.1) is 13.2 Å². The van der Waals surface area contributed by atoms with Gasteiger partial charge in [-0.3, -0.25) is 0 Å². The van der Waals surface area contributed by atoms with Gasteiger partial charge in [0.1, 0.15) is 12.5 Å². The van der Waals surface area contributed by atoms with Crippen molar-refractivity contribution in [3.05, 3.63) is 81.1 Å². The molecule has 1 heterocycles. The van der Waals surface area contributed by atoms with E-state index in [2.05, 4.69) is 31.9 Å². The van der Waals surface area contributed by atoms with E-state index in [1.807, 2.05) is 48.5 Å². The molecule has 0 radical (unpaired) electrons. The van der Waals surface area contributed by atoms with Gasteiger partial charge in [0.15, 0.2) is 0 Å². The van der Waals surface area contributed by atoms with Crippen molar-refractivity contribution in [1.29, 1.82) is 0 Å². The molecule has 0 spiro atoms. The van der Waals surface area contributed by atoms with E-state index in [9.17, 15) is 9.59 Å². The highest BCUT2D eigenvalue weighted by atomic mass is 79.9. The summed E-state index contributed by atoms with van der Waals surface area (Å²) in [4.78, 5) is 25.0. The summed E-state index contributed by atoms with van der Waals surface area (Å²) in [5.41, 5.74) is 1.95. The molecule has 6 nitrogen and oxygen atoms in total. The number of hydrogen-bond donors (Lipinski definition) is 0. The van der Waals surface area contributed by atoms with Crippen molar-refractivity contribution in [2.75, 3.05) is 13.2 Å². The van der Waals surface area contributed by atoms with E-state index < -0.39 is 17.7 Å². The molecule has 0 amide bonds. The molecule has 1 aliphatic heterocycles. The lowest BCUT2D eigenvalue weighted by Crippen LogP contribution is -2.50. The number of ether oxygens (including phenoxy) is 4. The Morgan fingerprint density at radius 3 is 1.63 bits per heavy atom. The van der Waals surface area contributed by atoms with E-state index >= 15 is 0 Å². The van der Waals surface area contributed by atoms with Crippen LogP contribution in [0.1, 0.15) is 11.1 Å². The molecule has 3 rings (SSSR count). The number of esters is 2. The van der Waals surface area contributed by atoms with Gasteiger partial charge in [-0.05, 0) is 35.4 Å². The summed E-state index contributed by atoms with van der Waals surface area (Å²) in [5, 5.41) is 0. The fourth-order valence-electron chi connectivity index (χ4n) is 2.65. The Labute approximate surface area is 197 Å². The van der Waals surface area contributed by atoms with Crippen molar-refractivity contribution < 1.29 is 28.5 Å². The zero-order chi connectivity index (χ0) is 20.7. The Hall–Kier alpha value is -2.03. The number of halogens is 3. The molecular formula is C21H19Br2ClO6. The van der Waals surface area contributed by atoms with Crippen molar-refractivity contribution in [2.45, 2.75) is 18.6 Å². The maximum Gasteiger partial charge on any atom is 0.452 e. The van der Waals surface area contributed by atoms with Gasteiger partial charge >= 0.3 is 17.7 Å². The Morgan fingerprint density at radius 1 is 0.800 bits per heavy atom. The van der Waals surface area contributed by atoms with E-state index in [4.69, 9.17) is 18.9 Å². The molecule has 9 heteroatoms. The van der Waals surface area contributed by atoms with Gasteiger partial charge in [-0.2, -0.15) is 0 Å². The van der Waals surface area contributed by atoms with Crippen LogP contribution in [0, 0.1) is 0 Å². The first kappa shape index (κ1) is 24.2. The molecule has 0 aliphatic carbocycles. The first-order valence-corrected chi connectivity index (χ1v) is 10.4. The lowest BCUT2D eigenvalue weighted by atomic mass is 10.2. The molecule has 0 bridgehead atoms. The average Bonchev–Trinajstić information content (AvgIpc) is 3.19. The van der Waals surface area contributed by atoms with Crippen LogP contribution in [0.3, 0.4) is 0 Å². The van der Waals surface area contributed by atoms with Crippen molar-refractivity contribution in [3.63, 3.8) is 0 Å². The predicted octanol–water partition coefficient (Wildman–Crippen LogP) is 4.72. The highest BCUT2D eigenvalue weighted by Crippen LogP contribution is 2.24. The molecule has 2 aromatic carbocycles. The lowest BCUT2D eigenvalue weighted by molar-refractivity contribution is -0.217. The molecule has 0 N–H and O–H groups in total.